The maximum Gasteiger partial charge on any atom is 0.133 e. The lowest BCUT2D eigenvalue weighted by Gasteiger charge is -2.22. The molecule has 0 heterocycles. The first-order chi connectivity index (χ1) is 8.75. The Kier molecular flexibility index (Phi) is 6.02. The largest absolute Gasteiger partial charge is 0.493 e. The second kappa shape index (κ2) is 6.86. The molecular weight excluding hydrogens is 326 g/mol. The molecule has 108 valence electrons. The van der Waals surface area contributed by atoms with Gasteiger partial charge in [0.15, 0.2) is 0 Å². The molecule has 0 aromatic heterocycles. The van der Waals surface area contributed by atoms with E-state index in [0.29, 0.717) is 6.61 Å². The Bertz CT molecular complexity index is 457. The highest BCUT2D eigenvalue weighted by molar-refractivity contribution is 9.10. The van der Waals surface area contributed by atoms with Gasteiger partial charge in [-0.3, -0.25) is 0 Å². The monoisotopic (exact) mass is 347 g/mol. The normalized spacial score (nSPS) is 15.1. The Hall–Kier alpha value is -0.390. The maximum absolute atomic E-state index is 12.1. The van der Waals surface area contributed by atoms with Crippen molar-refractivity contribution in [2.75, 3.05) is 6.61 Å². The van der Waals surface area contributed by atoms with E-state index in [9.17, 15) is 4.21 Å². The number of halogens is 1. The van der Waals surface area contributed by atoms with Crippen LogP contribution in [0.1, 0.15) is 46.2 Å². The van der Waals surface area contributed by atoms with E-state index >= 15 is 0 Å². The fraction of sp³-hybridized carbons (Fsp3) is 0.571. The average Bonchev–Trinajstić information content (AvgIpc) is 2.30. The summed E-state index contributed by atoms with van der Waals surface area (Å²) in [5.74, 6) is 0.829. The van der Waals surface area contributed by atoms with Crippen molar-refractivity contribution in [1.29, 1.82) is 0 Å². The summed E-state index contributed by atoms with van der Waals surface area (Å²) in [7, 11) is -1.08. The lowest BCUT2D eigenvalue weighted by Crippen LogP contribution is -2.34. The van der Waals surface area contributed by atoms with E-state index in [1.807, 2.05) is 52.8 Å². The molecule has 3 nitrogen and oxygen atoms in total. The van der Waals surface area contributed by atoms with Gasteiger partial charge >= 0.3 is 0 Å². The summed E-state index contributed by atoms with van der Waals surface area (Å²) in [6.07, 6.45) is 0. The lowest BCUT2D eigenvalue weighted by molar-refractivity contribution is 0.338. The summed E-state index contributed by atoms with van der Waals surface area (Å²) in [4.78, 5) is 0. The van der Waals surface area contributed by atoms with E-state index in [4.69, 9.17) is 4.74 Å². The maximum atomic E-state index is 12.1. The van der Waals surface area contributed by atoms with E-state index in [2.05, 4.69) is 20.7 Å². The third-order valence-corrected chi connectivity index (χ3v) is 4.90. The molecule has 1 aromatic rings. The minimum absolute atomic E-state index is 0.0204. The van der Waals surface area contributed by atoms with Crippen LogP contribution in [-0.2, 0) is 11.0 Å². The van der Waals surface area contributed by atoms with E-state index < -0.39 is 11.0 Å². The van der Waals surface area contributed by atoms with Gasteiger partial charge < -0.3 is 4.74 Å². The van der Waals surface area contributed by atoms with Crippen molar-refractivity contribution in [3.8, 4) is 5.75 Å². The van der Waals surface area contributed by atoms with Crippen LogP contribution in [0.2, 0.25) is 0 Å². The molecule has 0 unspecified atom stereocenters. The number of rotatable bonds is 5. The molecule has 0 aliphatic heterocycles. The predicted octanol–water partition coefficient (Wildman–Crippen LogP) is 3.96. The standard InChI is InChI=1S/C14H22BrNO2S/c1-6-18-13-8-7-11(9-12(13)15)10(2)16-19(17)14(3,4)5/h7-10,16H,6H2,1-5H3/t10-,19+/m1/s1. The molecule has 0 amide bonds. The predicted molar refractivity (Wildman–Crippen MR) is 84.8 cm³/mol. The summed E-state index contributed by atoms with van der Waals surface area (Å²) in [5, 5.41) is 0. The molecule has 0 aliphatic carbocycles. The van der Waals surface area contributed by atoms with Gasteiger partial charge in [-0.1, -0.05) is 6.07 Å². The van der Waals surface area contributed by atoms with Gasteiger partial charge in [-0.15, -0.1) is 0 Å². The number of hydrogen-bond acceptors (Lipinski definition) is 2. The minimum Gasteiger partial charge on any atom is -0.493 e. The summed E-state index contributed by atoms with van der Waals surface area (Å²) in [6.45, 7) is 10.5. The second-order valence-electron chi connectivity index (χ2n) is 5.34. The van der Waals surface area contributed by atoms with Gasteiger partial charge in [0.05, 0.1) is 26.8 Å². The Labute approximate surface area is 126 Å². The summed E-state index contributed by atoms with van der Waals surface area (Å²) in [5.41, 5.74) is 1.08. The molecule has 0 saturated heterocycles. The fourth-order valence-corrected chi connectivity index (χ4v) is 2.79. The molecule has 0 aliphatic rings. The van der Waals surface area contributed by atoms with Crippen molar-refractivity contribution >= 4 is 26.9 Å². The first-order valence-electron chi connectivity index (χ1n) is 6.36. The van der Waals surface area contributed by atoms with Crippen LogP contribution in [0, 0.1) is 0 Å². The van der Waals surface area contributed by atoms with Crippen molar-refractivity contribution in [3.63, 3.8) is 0 Å². The van der Waals surface area contributed by atoms with E-state index in [-0.39, 0.29) is 10.8 Å². The van der Waals surface area contributed by atoms with Gasteiger partial charge in [0.1, 0.15) is 5.75 Å². The Balaban J connectivity index is 2.81. The highest BCUT2D eigenvalue weighted by Crippen LogP contribution is 2.28. The van der Waals surface area contributed by atoms with Crippen LogP contribution >= 0.6 is 15.9 Å². The van der Waals surface area contributed by atoms with Crippen LogP contribution < -0.4 is 9.46 Å². The number of ether oxygens (including phenoxy) is 1. The molecule has 0 spiro atoms. The first kappa shape index (κ1) is 16.7. The van der Waals surface area contributed by atoms with Crippen molar-refractivity contribution in [2.45, 2.75) is 45.4 Å². The van der Waals surface area contributed by atoms with Crippen molar-refractivity contribution < 1.29 is 8.95 Å². The third kappa shape index (κ3) is 4.89. The second-order valence-corrected chi connectivity index (χ2v) is 8.20. The first-order valence-corrected chi connectivity index (χ1v) is 8.30. The number of nitrogens with one attached hydrogen (secondary N) is 1. The molecule has 2 atom stereocenters. The fourth-order valence-electron chi connectivity index (χ4n) is 1.46. The number of benzene rings is 1. The molecule has 1 aromatic carbocycles. The SMILES string of the molecule is CCOc1ccc([C@@H](C)N[S@@](=O)C(C)(C)C)cc1Br. The zero-order valence-electron chi connectivity index (χ0n) is 12.1. The molecule has 0 fully saturated rings. The minimum atomic E-state index is -1.08. The highest BCUT2D eigenvalue weighted by atomic mass is 79.9. The van der Waals surface area contributed by atoms with Crippen molar-refractivity contribution in [2.24, 2.45) is 0 Å². The van der Waals surface area contributed by atoms with Crippen molar-refractivity contribution in [1.82, 2.24) is 4.72 Å². The van der Waals surface area contributed by atoms with Crippen LogP contribution in [0.4, 0.5) is 0 Å². The van der Waals surface area contributed by atoms with Gasteiger partial charge in [-0.25, -0.2) is 8.93 Å². The van der Waals surface area contributed by atoms with Crippen molar-refractivity contribution in [3.05, 3.63) is 28.2 Å². The average molecular weight is 348 g/mol. The molecule has 5 heteroatoms. The van der Waals surface area contributed by atoms with E-state index in [0.717, 1.165) is 15.8 Å². The lowest BCUT2D eigenvalue weighted by atomic mass is 10.1. The summed E-state index contributed by atoms with van der Waals surface area (Å²) >= 11 is 3.49. The van der Waals surface area contributed by atoms with Crippen LogP contribution in [0.5, 0.6) is 5.75 Å². The zero-order chi connectivity index (χ0) is 14.6. The Morgan fingerprint density at radius 2 is 2.05 bits per heavy atom. The van der Waals surface area contributed by atoms with Crippen LogP contribution in [0.15, 0.2) is 22.7 Å². The topological polar surface area (TPSA) is 38.3 Å². The Morgan fingerprint density at radius 3 is 2.53 bits per heavy atom. The molecule has 0 radical (unpaired) electrons. The van der Waals surface area contributed by atoms with Crippen LogP contribution in [0.3, 0.4) is 0 Å². The van der Waals surface area contributed by atoms with E-state index in [1.54, 1.807) is 0 Å². The molecule has 0 bridgehead atoms. The summed E-state index contributed by atoms with van der Waals surface area (Å²) < 4.78 is 21.3. The van der Waals surface area contributed by atoms with Gasteiger partial charge in [0, 0.05) is 6.04 Å². The quantitative estimate of drug-likeness (QED) is 0.875. The number of hydrogen-bond donors (Lipinski definition) is 1. The van der Waals surface area contributed by atoms with Gasteiger partial charge in [-0.05, 0) is 68.2 Å². The van der Waals surface area contributed by atoms with Gasteiger partial charge in [0.25, 0.3) is 0 Å². The Morgan fingerprint density at radius 1 is 1.42 bits per heavy atom. The van der Waals surface area contributed by atoms with Crippen LogP contribution in [0.25, 0.3) is 0 Å². The smallest absolute Gasteiger partial charge is 0.133 e. The zero-order valence-corrected chi connectivity index (χ0v) is 14.5. The molecule has 1 rings (SSSR count). The van der Waals surface area contributed by atoms with E-state index in [1.165, 1.54) is 0 Å². The third-order valence-electron chi connectivity index (χ3n) is 2.60. The molecule has 0 saturated carbocycles. The van der Waals surface area contributed by atoms with Gasteiger partial charge in [0.2, 0.25) is 0 Å². The molecular formula is C14H22BrNO2S. The van der Waals surface area contributed by atoms with Crippen LogP contribution in [-0.4, -0.2) is 15.6 Å². The van der Waals surface area contributed by atoms with Gasteiger partial charge in [-0.2, -0.15) is 0 Å². The molecule has 1 N–H and O–H groups in total. The highest BCUT2D eigenvalue weighted by Gasteiger charge is 2.21. The molecule has 19 heavy (non-hydrogen) atoms. The summed E-state index contributed by atoms with van der Waals surface area (Å²) in [6, 6.07) is 5.95.